The number of carbonyl (C=O) groups excluding carboxylic acids is 1. The Labute approximate surface area is 120 Å². The summed E-state index contributed by atoms with van der Waals surface area (Å²) in [6, 6.07) is 7.68. The molecule has 106 valence electrons. The molecular formula is C12H14N4O3S. The Morgan fingerprint density at radius 3 is 2.65 bits per heavy atom. The molecule has 2 N–H and O–H groups in total. The van der Waals surface area contributed by atoms with Crippen LogP contribution < -0.4 is 14.8 Å². The molecule has 8 heteroatoms. The molecular weight excluding hydrogens is 280 g/mol. The first-order valence-corrected chi connectivity index (χ1v) is 6.73. The number of amides is 1. The molecule has 0 saturated carbocycles. The molecule has 0 radical (unpaired) electrons. The van der Waals surface area contributed by atoms with Crippen molar-refractivity contribution in [3.8, 4) is 11.8 Å². The third kappa shape index (κ3) is 3.89. The number of aromatic nitrogens is 3. The standard InChI is InChI=1S/C12H14N4O3S/c1-18-8-3-5-9(6-4-8)20-7-10(17)13-11-14-12(19-2)16-15-11/h3-6H,7H2,1-2H3,(H2,13,14,15,16,17). The summed E-state index contributed by atoms with van der Waals surface area (Å²) >= 11 is 1.42. The Hall–Kier alpha value is -2.22. The minimum Gasteiger partial charge on any atom is -0.497 e. The summed E-state index contributed by atoms with van der Waals surface area (Å²) in [5.74, 6) is 1.15. The fraction of sp³-hybridized carbons (Fsp3) is 0.250. The van der Waals surface area contributed by atoms with Crippen LogP contribution in [0.2, 0.25) is 0 Å². The molecule has 0 aliphatic carbocycles. The van der Waals surface area contributed by atoms with Gasteiger partial charge in [-0.25, -0.2) is 5.10 Å². The lowest BCUT2D eigenvalue weighted by atomic mass is 10.3. The largest absolute Gasteiger partial charge is 0.497 e. The fourth-order valence-corrected chi connectivity index (χ4v) is 2.08. The first-order chi connectivity index (χ1) is 9.71. The molecule has 0 aliphatic heterocycles. The zero-order valence-electron chi connectivity index (χ0n) is 11.0. The Bertz CT molecular complexity index is 570. The molecule has 0 bridgehead atoms. The zero-order valence-corrected chi connectivity index (χ0v) is 11.9. The number of ether oxygens (including phenoxy) is 2. The maximum Gasteiger partial charge on any atom is 0.336 e. The number of thioether (sulfide) groups is 1. The summed E-state index contributed by atoms with van der Waals surface area (Å²) in [4.78, 5) is 16.6. The van der Waals surface area contributed by atoms with Gasteiger partial charge in [-0.3, -0.25) is 10.1 Å². The molecule has 0 fully saturated rings. The number of hydrogen-bond acceptors (Lipinski definition) is 6. The second kappa shape index (κ2) is 6.80. The van der Waals surface area contributed by atoms with Crippen LogP contribution in [0.1, 0.15) is 0 Å². The van der Waals surface area contributed by atoms with Gasteiger partial charge in [0.25, 0.3) is 0 Å². The van der Waals surface area contributed by atoms with E-state index in [0.717, 1.165) is 10.6 Å². The predicted octanol–water partition coefficient (Wildman–Crippen LogP) is 1.55. The Morgan fingerprint density at radius 1 is 1.30 bits per heavy atom. The summed E-state index contributed by atoms with van der Waals surface area (Å²) in [5.41, 5.74) is 0. The first kappa shape index (κ1) is 14.2. The number of H-pyrrole nitrogens is 1. The highest BCUT2D eigenvalue weighted by atomic mass is 32.2. The van der Waals surface area contributed by atoms with Crippen LogP contribution in [-0.4, -0.2) is 41.1 Å². The molecule has 1 heterocycles. The number of rotatable bonds is 6. The van der Waals surface area contributed by atoms with Gasteiger partial charge in [-0.05, 0) is 24.3 Å². The first-order valence-electron chi connectivity index (χ1n) is 5.74. The van der Waals surface area contributed by atoms with E-state index in [2.05, 4.69) is 20.5 Å². The highest BCUT2D eigenvalue weighted by Gasteiger charge is 2.08. The highest BCUT2D eigenvalue weighted by Crippen LogP contribution is 2.21. The van der Waals surface area contributed by atoms with Crippen molar-refractivity contribution in [2.24, 2.45) is 0 Å². The Kier molecular flexibility index (Phi) is 4.83. The average Bonchev–Trinajstić information content (AvgIpc) is 2.93. The monoisotopic (exact) mass is 294 g/mol. The minimum absolute atomic E-state index is 0.176. The van der Waals surface area contributed by atoms with Gasteiger partial charge in [-0.2, -0.15) is 4.98 Å². The quantitative estimate of drug-likeness (QED) is 0.786. The maximum absolute atomic E-state index is 11.7. The SMILES string of the molecule is COc1ccc(SCC(=O)Nc2nc(OC)n[nH]2)cc1. The third-order valence-corrected chi connectivity index (χ3v) is 3.35. The molecule has 0 unspecified atom stereocenters. The van der Waals surface area contributed by atoms with Gasteiger partial charge >= 0.3 is 6.01 Å². The molecule has 1 aromatic heterocycles. The van der Waals surface area contributed by atoms with E-state index in [1.54, 1.807) is 7.11 Å². The van der Waals surface area contributed by atoms with Crippen LogP contribution in [0.3, 0.4) is 0 Å². The van der Waals surface area contributed by atoms with E-state index in [1.807, 2.05) is 24.3 Å². The molecule has 0 saturated heterocycles. The number of nitrogens with zero attached hydrogens (tertiary/aromatic N) is 2. The third-order valence-electron chi connectivity index (χ3n) is 2.33. The van der Waals surface area contributed by atoms with Crippen molar-refractivity contribution in [2.45, 2.75) is 4.90 Å². The van der Waals surface area contributed by atoms with Crippen LogP contribution in [0.15, 0.2) is 29.2 Å². The van der Waals surface area contributed by atoms with Crippen molar-refractivity contribution in [3.05, 3.63) is 24.3 Å². The van der Waals surface area contributed by atoms with Gasteiger partial charge in [0.15, 0.2) is 0 Å². The predicted molar refractivity (Wildman–Crippen MR) is 75.3 cm³/mol. The van der Waals surface area contributed by atoms with Crippen molar-refractivity contribution in [1.29, 1.82) is 0 Å². The highest BCUT2D eigenvalue weighted by molar-refractivity contribution is 8.00. The molecule has 2 rings (SSSR count). The van der Waals surface area contributed by atoms with Crippen molar-refractivity contribution >= 4 is 23.6 Å². The molecule has 0 spiro atoms. The molecule has 0 aliphatic rings. The minimum atomic E-state index is -0.176. The number of nitrogens with one attached hydrogen (secondary N) is 2. The number of benzene rings is 1. The number of aromatic amines is 1. The Balaban J connectivity index is 1.82. The maximum atomic E-state index is 11.7. The smallest absolute Gasteiger partial charge is 0.336 e. The van der Waals surface area contributed by atoms with Crippen LogP contribution >= 0.6 is 11.8 Å². The van der Waals surface area contributed by atoms with Gasteiger partial charge in [0.05, 0.1) is 20.0 Å². The van der Waals surface area contributed by atoms with E-state index >= 15 is 0 Å². The van der Waals surface area contributed by atoms with Crippen LogP contribution in [0.25, 0.3) is 0 Å². The second-order valence-corrected chi connectivity index (χ2v) is 4.73. The number of hydrogen-bond donors (Lipinski definition) is 2. The fourth-order valence-electron chi connectivity index (χ4n) is 1.38. The number of methoxy groups -OCH3 is 2. The molecule has 7 nitrogen and oxygen atoms in total. The molecule has 1 amide bonds. The van der Waals surface area contributed by atoms with Crippen LogP contribution in [-0.2, 0) is 4.79 Å². The summed E-state index contributed by atoms with van der Waals surface area (Å²) in [5, 5.41) is 8.88. The van der Waals surface area contributed by atoms with Crippen molar-refractivity contribution in [2.75, 3.05) is 25.3 Å². The lowest BCUT2D eigenvalue weighted by molar-refractivity contribution is -0.113. The van der Waals surface area contributed by atoms with Crippen molar-refractivity contribution < 1.29 is 14.3 Å². The van der Waals surface area contributed by atoms with E-state index < -0.39 is 0 Å². The van der Waals surface area contributed by atoms with Gasteiger partial charge in [0.1, 0.15) is 5.75 Å². The normalized spacial score (nSPS) is 10.1. The van der Waals surface area contributed by atoms with Gasteiger partial charge in [-0.1, -0.05) is 0 Å². The summed E-state index contributed by atoms with van der Waals surface area (Å²) in [6.07, 6.45) is 0. The van der Waals surface area contributed by atoms with E-state index in [-0.39, 0.29) is 23.6 Å². The van der Waals surface area contributed by atoms with E-state index in [0.29, 0.717) is 0 Å². The van der Waals surface area contributed by atoms with Crippen LogP contribution in [0, 0.1) is 0 Å². The van der Waals surface area contributed by atoms with Crippen molar-refractivity contribution in [1.82, 2.24) is 15.2 Å². The van der Waals surface area contributed by atoms with Gasteiger partial charge in [0, 0.05) is 4.90 Å². The molecule has 0 atom stereocenters. The number of carbonyl (C=O) groups is 1. The molecule has 1 aromatic carbocycles. The average molecular weight is 294 g/mol. The van der Waals surface area contributed by atoms with Crippen LogP contribution in [0.4, 0.5) is 5.95 Å². The summed E-state index contributed by atoms with van der Waals surface area (Å²) < 4.78 is 9.87. The topological polar surface area (TPSA) is 89.1 Å². The van der Waals surface area contributed by atoms with E-state index in [4.69, 9.17) is 9.47 Å². The van der Waals surface area contributed by atoms with Gasteiger partial charge in [-0.15, -0.1) is 16.9 Å². The molecule has 2 aromatic rings. The van der Waals surface area contributed by atoms with Crippen molar-refractivity contribution in [3.63, 3.8) is 0 Å². The zero-order chi connectivity index (χ0) is 14.4. The van der Waals surface area contributed by atoms with Crippen LogP contribution in [0.5, 0.6) is 11.8 Å². The summed E-state index contributed by atoms with van der Waals surface area (Å²) in [7, 11) is 3.07. The lowest BCUT2D eigenvalue weighted by Crippen LogP contribution is -2.15. The van der Waals surface area contributed by atoms with Gasteiger partial charge < -0.3 is 9.47 Å². The number of anilines is 1. The van der Waals surface area contributed by atoms with E-state index in [9.17, 15) is 4.79 Å². The van der Waals surface area contributed by atoms with E-state index in [1.165, 1.54) is 18.9 Å². The molecule has 20 heavy (non-hydrogen) atoms. The lowest BCUT2D eigenvalue weighted by Gasteiger charge is -2.03. The Morgan fingerprint density at radius 2 is 2.05 bits per heavy atom. The van der Waals surface area contributed by atoms with Gasteiger partial charge in [0.2, 0.25) is 11.9 Å². The second-order valence-electron chi connectivity index (χ2n) is 3.68. The summed E-state index contributed by atoms with van der Waals surface area (Å²) in [6.45, 7) is 0.